The number of nitrogens with zero attached hydrogens (tertiary/aromatic N) is 2. The molecular formula is C31H31N3O4. The lowest BCUT2D eigenvalue weighted by Crippen LogP contribution is -2.40. The van der Waals surface area contributed by atoms with Crippen LogP contribution in [-0.2, 0) is 14.3 Å². The molecule has 194 valence electrons. The number of hydrogen-bond donors (Lipinski definition) is 1. The fourth-order valence-electron chi connectivity index (χ4n) is 4.70. The zero-order valence-corrected chi connectivity index (χ0v) is 22.0. The number of amides is 1. The Balaban J connectivity index is 1.76. The molecule has 2 aromatic carbocycles. The molecule has 0 aliphatic rings. The first-order valence-corrected chi connectivity index (χ1v) is 12.4. The third-order valence-corrected chi connectivity index (χ3v) is 6.57. The fourth-order valence-corrected chi connectivity index (χ4v) is 4.70. The van der Waals surface area contributed by atoms with Gasteiger partial charge in [0.05, 0.1) is 19.6 Å². The average molecular weight is 510 g/mol. The summed E-state index contributed by atoms with van der Waals surface area (Å²) in [5, 5.41) is 3.01. The zero-order valence-electron chi connectivity index (χ0n) is 22.0. The van der Waals surface area contributed by atoms with Crippen molar-refractivity contribution in [1.82, 2.24) is 14.9 Å². The molecule has 0 aliphatic carbocycles. The number of methoxy groups -OCH3 is 1. The molecule has 7 heteroatoms. The summed E-state index contributed by atoms with van der Waals surface area (Å²) in [5.41, 5.74) is 5.98. The Morgan fingerprint density at radius 1 is 0.921 bits per heavy atom. The Bertz CT molecular complexity index is 1490. The summed E-state index contributed by atoms with van der Waals surface area (Å²) in [6.07, 6.45) is 4.98. The minimum atomic E-state index is -0.932. The van der Waals surface area contributed by atoms with Crippen LogP contribution in [-0.4, -0.2) is 28.5 Å². The third-order valence-electron chi connectivity index (χ3n) is 6.57. The van der Waals surface area contributed by atoms with Crippen molar-refractivity contribution in [2.75, 3.05) is 7.11 Å². The number of pyridine rings is 2. The van der Waals surface area contributed by atoms with Gasteiger partial charge in [0.25, 0.3) is 5.56 Å². The van der Waals surface area contributed by atoms with E-state index in [0.717, 1.165) is 27.8 Å². The van der Waals surface area contributed by atoms with Crippen molar-refractivity contribution in [3.05, 3.63) is 123 Å². The summed E-state index contributed by atoms with van der Waals surface area (Å²) < 4.78 is 6.35. The van der Waals surface area contributed by atoms with Gasteiger partial charge in [-0.2, -0.15) is 0 Å². The largest absolute Gasteiger partial charge is 0.469 e. The molecule has 2 aromatic heterocycles. The molecule has 0 spiro atoms. The predicted octanol–water partition coefficient (Wildman–Crippen LogP) is 4.85. The van der Waals surface area contributed by atoms with Gasteiger partial charge in [-0.25, -0.2) is 0 Å². The van der Waals surface area contributed by atoms with Crippen molar-refractivity contribution in [2.45, 2.75) is 39.3 Å². The number of esters is 1. The van der Waals surface area contributed by atoms with Crippen LogP contribution in [0.4, 0.5) is 0 Å². The number of hydrogen-bond acceptors (Lipinski definition) is 5. The molecule has 2 heterocycles. The molecule has 2 atom stereocenters. The van der Waals surface area contributed by atoms with E-state index in [-0.39, 0.29) is 12.0 Å². The Morgan fingerprint density at radius 3 is 2.32 bits per heavy atom. The first-order chi connectivity index (χ1) is 18.3. The minimum Gasteiger partial charge on any atom is -0.469 e. The van der Waals surface area contributed by atoms with Gasteiger partial charge in [0.1, 0.15) is 6.04 Å². The highest BCUT2D eigenvalue weighted by molar-refractivity contribution is 5.85. The molecule has 0 unspecified atom stereocenters. The lowest BCUT2D eigenvalue weighted by atomic mass is 9.94. The normalized spacial score (nSPS) is 12.4. The third kappa shape index (κ3) is 5.89. The molecular weight excluding hydrogens is 478 g/mol. The van der Waals surface area contributed by atoms with Gasteiger partial charge in [0.15, 0.2) is 0 Å². The van der Waals surface area contributed by atoms with Crippen LogP contribution < -0.4 is 10.9 Å². The van der Waals surface area contributed by atoms with Crippen molar-refractivity contribution in [3.8, 4) is 11.1 Å². The molecule has 0 radical (unpaired) electrons. The molecule has 1 N–H and O–H groups in total. The summed E-state index contributed by atoms with van der Waals surface area (Å²) in [6, 6.07) is 18.6. The van der Waals surface area contributed by atoms with Crippen LogP contribution in [0.2, 0.25) is 0 Å². The van der Waals surface area contributed by atoms with Crippen molar-refractivity contribution in [2.24, 2.45) is 0 Å². The van der Waals surface area contributed by atoms with Crippen molar-refractivity contribution >= 4 is 11.9 Å². The van der Waals surface area contributed by atoms with Gasteiger partial charge in [-0.05, 0) is 60.2 Å². The molecule has 38 heavy (non-hydrogen) atoms. The number of ether oxygens (including phenoxy) is 1. The topological polar surface area (TPSA) is 90.3 Å². The average Bonchev–Trinajstić information content (AvgIpc) is 2.91. The van der Waals surface area contributed by atoms with Crippen molar-refractivity contribution < 1.29 is 14.3 Å². The Morgan fingerprint density at radius 2 is 1.63 bits per heavy atom. The Kier molecular flexibility index (Phi) is 8.16. The maximum atomic E-state index is 13.9. The summed E-state index contributed by atoms with van der Waals surface area (Å²) in [6.45, 7) is 5.93. The predicted molar refractivity (Wildman–Crippen MR) is 147 cm³/mol. The fraction of sp³-hybridized carbons (Fsp3) is 0.226. The van der Waals surface area contributed by atoms with Gasteiger partial charge in [0.2, 0.25) is 5.91 Å². The van der Waals surface area contributed by atoms with Crippen molar-refractivity contribution in [1.29, 1.82) is 0 Å². The number of carbonyl (C=O) groups excluding carboxylic acids is 2. The standard InChI is InChI=1S/C31H31N3O4/c1-20-13-14-27(35)34(19-20)30(23-11-6-5-7-12-23)31(37)33-26(16-28(36)38-4)24-15-25(18-32-17-24)29-21(2)9-8-10-22(29)3/h5-15,17-19,26,30H,16H2,1-4H3,(H,33,37)/t26-,30-/m0/s1. The van der Waals surface area contributed by atoms with Gasteiger partial charge >= 0.3 is 5.97 Å². The molecule has 4 aromatic rings. The molecule has 0 fully saturated rings. The van der Waals surface area contributed by atoms with E-state index in [1.807, 2.05) is 63.2 Å². The van der Waals surface area contributed by atoms with E-state index in [2.05, 4.69) is 10.3 Å². The number of benzene rings is 2. The van der Waals surface area contributed by atoms with E-state index in [1.54, 1.807) is 36.8 Å². The second kappa shape index (κ2) is 11.7. The molecule has 1 amide bonds. The molecule has 4 rings (SSSR count). The second-order valence-electron chi connectivity index (χ2n) is 9.38. The number of carbonyl (C=O) groups is 2. The molecule has 0 saturated carbocycles. The highest BCUT2D eigenvalue weighted by atomic mass is 16.5. The second-order valence-corrected chi connectivity index (χ2v) is 9.38. The van der Waals surface area contributed by atoms with Crippen LogP contribution in [0.25, 0.3) is 11.1 Å². The van der Waals surface area contributed by atoms with Crippen LogP contribution >= 0.6 is 0 Å². The van der Waals surface area contributed by atoms with Gasteiger partial charge in [-0.1, -0.05) is 54.6 Å². The van der Waals surface area contributed by atoms with Crippen LogP contribution in [0, 0.1) is 20.8 Å². The summed E-state index contributed by atoms with van der Waals surface area (Å²) >= 11 is 0. The summed E-state index contributed by atoms with van der Waals surface area (Å²) in [5.74, 6) is -0.896. The van der Waals surface area contributed by atoms with E-state index in [4.69, 9.17) is 4.74 Å². The van der Waals surface area contributed by atoms with Crippen LogP contribution in [0.15, 0.2) is 90.1 Å². The first kappa shape index (κ1) is 26.5. The van der Waals surface area contributed by atoms with Gasteiger partial charge < -0.3 is 10.1 Å². The summed E-state index contributed by atoms with van der Waals surface area (Å²) in [7, 11) is 1.31. The Hall–Kier alpha value is -4.52. The molecule has 7 nitrogen and oxygen atoms in total. The number of aromatic nitrogens is 2. The van der Waals surface area contributed by atoms with Gasteiger partial charge in [0, 0.05) is 30.2 Å². The quantitative estimate of drug-likeness (QED) is 0.343. The van der Waals surface area contributed by atoms with E-state index in [9.17, 15) is 14.4 Å². The van der Waals surface area contributed by atoms with E-state index < -0.39 is 24.0 Å². The van der Waals surface area contributed by atoms with Crippen molar-refractivity contribution in [3.63, 3.8) is 0 Å². The first-order valence-electron chi connectivity index (χ1n) is 12.4. The molecule has 0 saturated heterocycles. The highest BCUT2D eigenvalue weighted by Gasteiger charge is 2.28. The van der Waals surface area contributed by atoms with Crippen LogP contribution in [0.3, 0.4) is 0 Å². The summed E-state index contributed by atoms with van der Waals surface area (Å²) in [4.78, 5) is 43.5. The number of aryl methyl sites for hydroxylation is 3. The monoisotopic (exact) mass is 509 g/mol. The molecule has 0 bridgehead atoms. The Labute approximate surface area is 222 Å². The zero-order chi connectivity index (χ0) is 27.2. The van der Waals surface area contributed by atoms with E-state index >= 15 is 0 Å². The van der Waals surface area contributed by atoms with Gasteiger partial charge in [-0.3, -0.25) is 23.9 Å². The lowest BCUT2D eigenvalue weighted by molar-refractivity contribution is -0.141. The number of nitrogens with one attached hydrogen (secondary N) is 1. The number of rotatable bonds is 8. The minimum absolute atomic E-state index is 0.0929. The molecule has 0 aliphatic heterocycles. The van der Waals surface area contributed by atoms with Crippen LogP contribution in [0.5, 0.6) is 0 Å². The highest BCUT2D eigenvalue weighted by Crippen LogP contribution is 2.30. The van der Waals surface area contributed by atoms with Gasteiger partial charge in [-0.15, -0.1) is 0 Å². The maximum Gasteiger partial charge on any atom is 0.307 e. The van der Waals surface area contributed by atoms with Crippen LogP contribution in [0.1, 0.15) is 46.3 Å². The maximum absolute atomic E-state index is 13.9. The smallest absolute Gasteiger partial charge is 0.307 e. The van der Waals surface area contributed by atoms with E-state index in [1.165, 1.54) is 17.7 Å². The van der Waals surface area contributed by atoms with E-state index in [0.29, 0.717) is 11.1 Å². The SMILES string of the molecule is COC(=O)C[C@H](NC(=O)[C@H](c1ccccc1)n1cc(C)ccc1=O)c1cncc(-c2c(C)cccc2C)c1. The lowest BCUT2D eigenvalue weighted by Gasteiger charge is -2.25.